The number of nitrogens with zero attached hydrogens (tertiary/aromatic N) is 1. The van der Waals surface area contributed by atoms with Crippen molar-refractivity contribution in [3.8, 4) is 11.5 Å². The zero-order valence-electron chi connectivity index (χ0n) is 11.6. The van der Waals surface area contributed by atoms with Crippen LogP contribution in [0.15, 0.2) is 53.6 Å². The Balaban J connectivity index is 1.80. The number of benzene rings is 2. The molecule has 2 aromatic rings. The van der Waals surface area contributed by atoms with Crippen molar-refractivity contribution in [3.05, 3.63) is 59.7 Å². The van der Waals surface area contributed by atoms with Gasteiger partial charge in [-0.05, 0) is 31.2 Å². The molecule has 0 unspecified atom stereocenters. The number of amides is 1. The molecule has 2 rings (SSSR count). The van der Waals surface area contributed by atoms with Gasteiger partial charge in [-0.25, -0.2) is 5.43 Å². The summed E-state index contributed by atoms with van der Waals surface area (Å²) in [6.07, 6.45) is 1.37. The van der Waals surface area contributed by atoms with Crippen LogP contribution >= 0.6 is 0 Å². The number of phenols is 1. The molecule has 0 bridgehead atoms. The summed E-state index contributed by atoms with van der Waals surface area (Å²) in [5.74, 6) is 0.356. The fraction of sp³-hybridized carbons (Fsp3) is 0.125. The number of hydrazone groups is 1. The molecule has 5 nitrogen and oxygen atoms in total. The Morgan fingerprint density at radius 3 is 2.67 bits per heavy atom. The SMILES string of the molecule is Cc1ccc(OCC(=O)N/N=C\c2ccccc2O)cc1. The normalized spacial score (nSPS) is 10.5. The van der Waals surface area contributed by atoms with Crippen molar-refractivity contribution < 1.29 is 14.6 Å². The van der Waals surface area contributed by atoms with E-state index >= 15 is 0 Å². The molecular formula is C16H16N2O3. The van der Waals surface area contributed by atoms with Crippen LogP contribution in [0.5, 0.6) is 11.5 Å². The van der Waals surface area contributed by atoms with E-state index in [0.29, 0.717) is 11.3 Å². The predicted octanol–water partition coefficient (Wildman–Crippen LogP) is 2.23. The first kappa shape index (κ1) is 14.6. The van der Waals surface area contributed by atoms with Crippen LogP contribution in [0.1, 0.15) is 11.1 Å². The molecule has 0 spiro atoms. The number of para-hydroxylation sites is 1. The van der Waals surface area contributed by atoms with Gasteiger partial charge in [0, 0.05) is 5.56 Å². The van der Waals surface area contributed by atoms with Crippen LogP contribution in [0.3, 0.4) is 0 Å². The Bertz CT molecular complexity index is 636. The molecule has 0 aromatic heterocycles. The number of carbonyl (C=O) groups excluding carboxylic acids is 1. The molecule has 0 saturated heterocycles. The Labute approximate surface area is 122 Å². The molecule has 0 aliphatic rings. The lowest BCUT2D eigenvalue weighted by Crippen LogP contribution is -2.24. The van der Waals surface area contributed by atoms with Crippen molar-refractivity contribution in [2.45, 2.75) is 6.92 Å². The first-order chi connectivity index (χ1) is 10.1. The highest BCUT2D eigenvalue weighted by molar-refractivity contribution is 5.85. The van der Waals surface area contributed by atoms with Crippen LogP contribution in [0.25, 0.3) is 0 Å². The second-order valence-corrected chi connectivity index (χ2v) is 4.45. The van der Waals surface area contributed by atoms with Gasteiger partial charge in [-0.2, -0.15) is 5.10 Å². The third-order valence-electron chi connectivity index (χ3n) is 2.72. The topological polar surface area (TPSA) is 70.9 Å². The third kappa shape index (κ3) is 4.65. The first-order valence-electron chi connectivity index (χ1n) is 6.44. The summed E-state index contributed by atoms with van der Waals surface area (Å²) in [4.78, 5) is 11.5. The Morgan fingerprint density at radius 1 is 1.24 bits per heavy atom. The molecule has 0 aliphatic heterocycles. The molecule has 0 aliphatic carbocycles. The van der Waals surface area contributed by atoms with E-state index < -0.39 is 0 Å². The van der Waals surface area contributed by atoms with Crippen LogP contribution in [0.2, 0.25) is 0 Å². The van der Waals surface area contributed by atoms with E-state index in [9.17, 15) is 9.90 Å². The van der Waals surface area contributed by atoms with Gasteiger partial charge in [-0.3, -0.25) is 4.79 Å². The summed E-state index contributed by atoms with van der Waals surface area (Å²) in [6, 6.07) is 14.1. The van der Waals surface area contributed by atoms with Gasteiger partial charge in [0.1, 0.15) is 11.5 Å². The molecule has 108 valence electrons. The largest absolute Gasteiger partial charge is 0.507 e. The first-order valence-corrected chi connectivity index (χ1v) is 6.44. The minimum absolute atomic E-state index is 0.103. The number of phenolic OH excluding ortho intramolecular Hbond substituents is 1. The lowest BCUT2D eigenvalue weighted by atomic mass is 10.2. The third-order valence-corrected chi connectivity index (χ3v) is 2.72. The Kier molecular flexibility index (Phi) is 4.93. The van der Waals surface area contributed by atoms with Crippen LogP contribution < -0.4 is 10.2 Å². The summed E-state index contributed by atoms with van der Waals surface area (Å²) < 4.78 is 5.31. The molecular weight excluding hydrogens is 268 g/mol. The summed E-state index contributed by atoms with van der Waals surface area (Å²) >= 11 is 0. The van der Waals surface area contributed by atoms with E-state index in [0.717, 1.165) is 5.56 Å². The lowest BCUT2D eigenvalue weighted by molar-refractivity contribution is -0.123. The molecule has 2 N–H and O–H groups in total. The molecule has 2 aromatic carbocycles. The molecule has 0 radical (unpaired) electrons. The van der Waals surface area contributed by atoms with Crippen molar-refractivity contribution in [2.24, 2.45) is 5.10 Å². The van der Waals surface area contributed by atoms with Crippen LogP contribution in [0.4, 0.5) is 0 Å². The highest BCUT2D eigenvalue weighted by Crippen LogP contribution is 2.12. The van der Waals surface area contributed by atoms with Gasteiger partial charge < -0.3 is 9.84 Å². The molecule has 0 atom stereocenters. The number of hydrogen-bond donors (Lipinski definition) is 2. The van der Waals surface area contributed by atoms with Gasteiger partial charge in [0.05, 0.1) is 6.21 Å². The molecule has 0 heterocycles. The average molecular weight is 284 g/mol. The molecule has 5 heteroatoms. The van der Waals surface area contributed by atoms with Crippen LogP contribution in [0, 0.1) is 6.92 Å². The van der Waals surface area contributed by atoms with Gasteiger partial charge in [-0.15, -0.1) is 0 Å². The number of carbonyl (C=O) groups is 1. The molecule has 0 saturated carbocycles. The number of nitrogens with one attached hydrogen (secondary N) is 1. The minimum atomic E-state index is -0.373. The highest BCUT2D eigenvalue weighted by atomic mass is 16.5. The molecule has 0 fully saturated rings. The minimum Gasteiger partial charge on any atom is -0.507 e. The van der Waals surface area contributed by atoms with E-state index in [1.54, 1.807) is 36.4 Å². The lowest BCUT2D eigenvalue weighted by Gasteiger charge is -2.05. The van der Waals surface area contributed by atoms with E-state index in [1.165, 1.54) is 6.21 Å². The average Bonchev–Trinajstić information content (AvgIpc) is 2.49. The van der Waals surface area contributed by atoms with E-state index in [-0.39, 0.29) is 18.3 Å². The quantitative estimate of drug-likeness (QED) is 0.653. The van der Waals surface area contributed by atoms with Gasteiger partial charge in [0.15, 0.2) is 6.61 Å². The Morgan fingerprint density at radius 2 is 1.95 bits per heavy atom. The van der Waals surface area contributed by atoms with Gasteiger partial charge in [0.25, 0.3) is 5.91 Å². The van der Waals surface area contributed by atoms with E-state index in [2.05, 4.69) is 10.5 Å². The summed E-state index contributed by atoms with van der Waals surface area (Å²) in [6.45, 7) is 1.85. The van der Waals surface area contributed by atoms with E-state index in [1.807, 2.05) is 19.1 Å². The predicted molar refractivity (Wildman–Crippen MR) is 80.5 cm³/mol. The highest BCUT2D eigenvalue weighted by Gasteiger charge is 2.01. The zero-order chi connectivity index (χ0) is 15.1. The number of ether oxygens (including phenoxy) is 1. The second-order valence-electron chi connectivity index (χ2n) is 4.45. The van der Waals surface area contributed by atoms with Crippen molar-refractivity contribution >= 4 is 12.1 Å². The van der Waals surface area contributed by atoms with Gasteiger partial charge in [0.2, 0.25) is 0 Å². The summed E-state index contributed by atoms with van der Waals surface area (Å²) in [7, 11) is 0. The number of hydrogen-bond acceptors (Lipinski definition) is 4. The monoisotopic (exact) mass is 284 g/mol. The van der Waals surface area contributed by atoms with E-state index in [4.69, 9.17) is 4.74 Å². The van der Waals surface area contributed by atoms with Crippen molar-refractivity contribution in [3.63, 3.8) is 0 Å². The zero-order valence-corrected chi connectivity index (χ0v) is 11.6. The smallest absolute Gasteiger partial charge is 0.277 e. The standard InChI is InChI=1S/C16H16N2O3/c1-12-6-8-14(9-7-12)21-11-16(20)18-17-10-13-4-2-3-5-15(13)19/h2-10,19H,11H2,1H3,(H,18,20)/b17-10-. The summed E-state index contributed by atoms with van der Waals surface area (Å²) in [5, 5.41) is 13.3. The second kappa shape index (κ2) is 7.09. The number of rotatable bonds is 5. The maximum absolute atomic E-state index is 11.5. The maximum atomic E-state index is 11.5. The molecule has 21 heavy (non-hydrogen) atoms. The van der Waals surface area contributed by atoms with Crippen molar-refractivity contribution in [2.75, 3.05) is 6.61 Å². The fourth-order valence-corrected chi connectivity index (χ4v) is 1.59. The van der Waals surface area contributed by atoms with Crippen LogP contribution in [-0.2, 0) is 4.79 Å². The number of aromatic hydroxyl groups is 1. The van der Waals surface area contributed by atoms with Crippen molar-refractivity contribution in [1.82, 2.24) is 5.43 Å². The van der Waals surface area contributed by atoms with Crippen molar-refractivity contribution in [1.29, 1.82) is 0 Å². The van der Waals surface area contributed by atoms with Gasteiger partial charge in [-0.1, -0.05) is 29.8 Å². The summed E-state index contributed by atoms with van der Waals surface area (Å²) in [5.41, 5.74) is 3.98. The molecule has 1 amide bonds. The Hall–Kier alpha value is -2.82. The maximum Gasteiger partial charge on any atom is 0.277 e. The van der Waals surface area contributed by atoms with Gasteiger partial charge >= 0.3 is 0 Å². The van der Waals surface area contributed by atoms with Crippen LogP contribution in [-0.4, -0.2) is 23.8 Å². The number of aryl methyl sites for hydroxylation is 1. The fourth-order valence-electron chi connectivity index (χ4n) is 1.59.